The first-order valence-corrected chi connectivity index (χ1v) is 11.9. The van der Waals surface area contributed by atoms with Crippen molar-refractivity contribution in [1.29, 1.82) is 0 Å². The predicted octanol–water partition coefficient (Wildman–Crippen LogP) is 0.162. The first kappa shape index (κ1) is 21.7. The second kappa shape index (κ2) is 8.81. The summed E-state index contributed by atoms with van der Waals surface area (Å²) in [4.78, 5) is 29.2. The Morgan fingerprint density at radius 2 is 1.90 bits per heavy atom. The van der Waals surface area contributed by atoms with Crippen LogP contribution in [0.25, 0.3) is 0 Å². The number of nitrogens with zero attached hydrogens (tertiary/aromatic N) is 2. The van der Waals surface area contributed by atoms with Crippen LogP contribution in [0.5, 0.6) is 0 Å². The van der Waals surface area contributed by atoms with E-state index in [1.165, 1.54) is 0 Å². The number of piperazine rings is 1. The van der Waals surface area contributed by atoms with Gasteiger partial charge in [-0.2, -0.15) is 0 Å². The van der Waals surface area contributed by atoms with Gasteiger partial charge < -0.3 is 10.2 Å². The molecule has 2 aliphatic rings. The van der Waals surface area contributed by atoms with E-state index in [0.29, 0.717) is 26.1 Å². The molecule has 1 aromatic rings. The highest BCUT2D eigenvalue weighted by atomic mass is 32.2. The molecule has 2 aliphatic heterocycles. The fourth-order valence-corrected chi connectivity index (χ4v) is 4.88. The van der Waals surface area contributed by atoms with Gasteiger partial charge in [0.25, 0.3) is 0 Å². The third kappa shape index (κ3) is 5.55. The van der Waals surface area contributed by atoms with Crippen LogP contribution in [0.2, 0.25) is 0 Å². The van der Waals surface area contributed by atoms with Gasteiger partial charge in [-0.3, -0.25) is 14.5 Å². The zero-order chi connectivity index (χ0) is 21.2. The lowest BCUT2D eigenvalue weighted by Gasteiger charge is -2.43. The monoisotopic (exact) mass is 422 g/mol. The molecule has 0 aliphatic carbocycles. The van der Waals surface area contributed by atoms with E-state index in [9.17, 15) is 18.0 Å². The maximum atomic E-state index is 13.3. The molecule has 9 heteroatoms. The van der Waals surface area contributed by atoms with E-state index in [4.69, 9.17) is 0 Å². The standard InChI is InChI=1S/C20H30N4O4S/c1-14(2)19(25)21-10-18-20(26)24-12-16(22-29(3,27)28)9-17(24)13-23(18)11-15-7-5-4-6-8-15/h4-8,14,16-18,22H,9-13H2,1-3H3,(H,21,25)/t16-,17-,18-/m0/s1. The van der Waals surface area contributed by atoms with Gasteiger partial charge in [0.2, 0.25) is 21.8 Å². The summed E-state index contributed by atoms with van der Waals surface area (Å²) in [6.07, 6.45) is 1.73. The van der Waals surface area contributed by atoms with E-state index in [1.54, 1.807) is 4.90 Å². The highest BCUT2D eigenvalue weighted by Gasteiger charge is 2.45. The normalized spacial score (nSPS) is 25.3. The summed E-state index contributed by atoms with van der Waals surface area (Å²) in [5.74, 6) is -0.296. The molecule has 1 aromatic carbocycles. The van der Waals surface area contributed by atoms with Crippen molar-refractivity contribution in [2.45, 2.75) is 44.9 Å². The fraction of sp³-hybridized carbons (Fsp3) is 0.600. The van der Waals surface area contributed by atoms with E-state index in [-0.39, 0.29) is 36.4 Å². The van der Waals surface area contributed by atoms with Crippen LogP contribution in [0.3, 0.4) is 0 Å². The van der Waals surface area contributed by atoms with Crippen LogP contribution < -0.4 is 10.0 Å². The molecule has 2 heterocycles. The minimum atomic E-state index is -3.33. The summed E-state index contributed by atoms with van der Waals surface area (Å²) < 4.78 is 25.9. The number of carbonyl (C=O) groups excluding carboxylic acids is 2. The molecule has 2 fully saturated rings. The Kier molecular flexibility index (Phi) is 6.60. The van der Waals surface area contributed by atoms with Gasteiger partial charge in [-0.05, 0) is 12.0 Å². The van der Waals surface area contributed by atoms with Crippen molar-refractivity contribution in [2.75, 3.05) is 25.9 Å². The van der Waals surface area contributed by atoms with Crippen LogP contribution in [0.1, 0.15) is 25.8 Å². The van der Waals surface area contributed by atoms with Crippen molar-refractivity contribution >= 4 is 21.8 Å². The number of carbonyl (C=O) groups is 2. The molecule has 0 unspecified atom stereocenters. The number of hydrogen-bond donors (Lipinski definition) is 2. The Labute approximate surface area is 172 Å². The van der Waals surface area contributed by atoms with Crippen molar-refractivity contribution in [1.82, 2.24) is 19.8 Å². The van der Waals surface area contributed by atoms with Gasteiger partial charge >= 0.3 is 0 Å². The Morgan fingerprint density at radius 3 is 2.52 bits per heavy atom. The summed E-state index contributed by atoms with van der Waals surface area (Å²) in [7, 11) is -3.33. The first-order valence-electron chi connectivity index (χ1n) is 9.97. The Bertz CT molecular complexity index is 843. The zero-order valence-corrected chi connectivity index (χ0v) is 18.0. The number of rotatable bonds is 7. The summed E-state index contributed by atoms with van der Waals surface area (Å²) in [5.41, 5.74) is 1.10. The third-order valence-corrected chi connectivity index (χ3v) is 6.23. The largest absolute Gasteiger partial charge is 0.354 e. The SMILES string of the molecule is CC(C)C(=O)NC[C@H]1C(=O)N2C[C@@H](NS(C)(=O)=O)C[C@H]2CN1Cc1ccccc1. The summed E-state index contributed by atoms with van der Waals surface area (Å²) in [6, 6.07) is 9.13. The van der Waals surface area contributed by atoms with Gasteiger partial charge in [0.05, 0.1) is 6.26 Å². The number of amides is 2. The van der Waals surface area contributed by atoms with E-state index in [0.717, 1.165) is 11.8 Å². The maximum Gasteiger partial charge on any atom is 0.242 e. The van der Waals surface area contributed by atoms with Crippen molar-refractivity contribution in [2.24, 2.45) is 5.92 Å². The molecule has 0 aromatic heterocycles. The van der Waals surface area contributed by atoms with Gasteiger partial charge in [0, 0.05) is 44.2 Å². The van der Waals surface area contributed by atoms with Gasteiger partial charge in [-0.1, -0.05) is 44.2 Å². The van der Waals surface area contributed by atoms with Crippen molar-refractivity contribution < 1.29 is 18.0 Å². The molecular formula is C20H30N4O4S. The molecule has 3 rings (SSSR count). The topological polar surface area (TPSA) is 98.8 Å². The second-order valence-corrected chi connectivity index (χ2v) is 10.1. The molecule has 29 heavy (non-hydrogen) atoms. The summed E-state index contributed by atoms with van der Waals surface area (Å²) >= 11 is 0. The van der Waals surface area contributed by atoms with Crippen LogP contribution in [0.4, 0.5) is 0 Å². The number of hydrogen-bond acceptors (Lipinski definition) is 5. The van der Waals surface area contributed by atoms with Gasteiger partial charge in [-0.25, -0.2) is 13.1 Å². The van der Waals surface area contributed by atoms with Crippen molar-refractivity contribution in [3.05, 3.63) is 35.9 Å². The molecule has 160 valence electrons. The Hall–Kier alpha value is -1.97. The lowest BCUT2D eigenvalue weighted by Crippen LogP contribution is -2.62. The van der Waals surface area contributed by atoms with Crippen LogP contribution >= 0.6 is 0 Å². The van der Waals surface area contributed by atoms with Gasteiger partial charge in [-0.15, -0.1) is 0 Å². The van der Waals surface area contributed by atoms with Crippen LogP contribution in [-0.4, -0.2) is 74.0 Å². The van der Waals surface area contributed by atoms with Gasteiger partial charge in [0.15, 0.2) is 0 Å². The van der Waals surface area contributed by atoms with E-state index < -0.39 is 16.1 Å². The second-order valence-electron chi connectivity index (χ2n) is 8.30. The van der Waals surface area contributed by atoms with Crippen LogP contribution in [0, 0.1) is 5.92 Å². The summed E-state index contributed by atoms with van der Waals surface area (Å²) in [6.45, 7) is 5.49. The summed E-state index contributed by atoms with van der Waals surface area (Å²) in [5, 5.41) is 2.89. The highest BCUT2D eigenvalue weighted by Crippen LogP contribution is 2.27. The average molecular weight is 423 g/mol. The number of sulfonamides is 1. The van der Waals surface area contributed by atoms with E-state index in [2.05, 4.69) is 14.9 Å². The molecule has 0 spiro atoms. The third-order valence-electron chi connectivity index (χ3n) is 5.47. The van der Waals surface area contributed by atoms with Crippen molar-refractivity contribution in [3.63, 3.8) is 0 Å². The highest BCUT2D eigenvalue weighted by molar-refractivity contribution is 7.88. The van der Waals surface area contributed by atoms with E-state index in [1.807, 2.05) is 44.2 Å². The molecule has 8 nitrogen and oxygen atoms in total. The predicted molar refractivity (Wildman–Crippen MR) is 110 cm³/mol. The first-order chi connectivity index (χ1) is 13.6. The maximum absolute atomic E-state index is 13.3. The minimum Gasteiger partial charge on any atom is -0.354 e. The fourth-order valence-electron chi connectivity index (χ4n) is 4.10. The lowest BCUT2D eigenvalue weighted by atomic mass is 10.0. The molecule has 3 atom stereocenters. The molecule has 2 amide bonds. The zero-order valence-electron chi connectivity index (χ0n) is 17.2. The molecule has 0 bridgehead atoms. The van der Waals surface area contributed by atoms with E-state index >= 15 is 0 Å². The molecule has 0 radical (unpaired) electrons. The number of fused-ring (bicyclic) bond motifs is 1. The Balaban J connectivity index is 1.77. The minimum absolute atomic E-state index is 0.0393. The molecular weight excluding hydrogens is 392 g/mol. The average Bonchev–Trinajstić information content (AvgIpc) is 3.02. The van der Waals surface area contributed by atoms with Crippen LogP contribution in [-0.2, 0) is 26.2 Å². The molecule has 0 saturated carbocycles. The molecule has 2 saturated heterocycles. The van der Waals surface area contributed by atoms with Crippen molar-refractivity contribution in [3.8, 4) is 0 Å². The Morgan fingerprint density at radius 1 is 1.21 bits per heavy atom. The number of nitrogens with one attached hydrogen (secondary N) is 2. The lowest BCUT2D eigenvalue weighted by molar-refractivity contribution is -0.144. The van der Waals surface area contributed by atoms with Crippen LogP contribution in [0.15, 0.2) is 30.3 Å². The quantitative estimate of drug-likeness (QED) is 0.652. The molecule has 2 N–H and O–H groups in total. The number of benzene rings is 1. The smallest absolute Gasteiger partial charge is 0.242 e. The van der Waals surface area contributed by atoms with Gasteiger partial charge in [0.1, 0.15) is 6.04 Å².